The SMILES string of the molecule is O=C(CCN1C(=O)/C(=C/c2cccc(Br)c2)SC1=S)Nc1ccc(C(=O)[O-])cc1. The van der Waals surface area contributed by atoms with Crippen LogP contribution >= 0.6 is 39.9 Å². The number of anilines is 1. The second-order valence-corrected chi connectivity index (χ2v) is 8.64. The van der Waals surface area contributed by atoms with Crippen LogP contribution in [0.5, 0.6) is 0 Å². The molecule has 0 atom stereocenters. The first-order chi connectivity index (χ1) is 13.8. The van der Waals surface area contributed by atoms with E-state index in [1.165, 1.54) is 40.9 Å². The average Bonchev–Trinajstić information content (AvgIpc) is 2.93. The first-order valence-corrected chi connectivity index (χ1v) is 10.5. The Bertz CT molecular complexity index is 1020. The summed E-state index contributed by atoms with van der Waals surface area (Å²) in [6.45, 7) is 0.156. The van der Waals surface area contributed by atoms with Crippen molar-refractivity contribution in [2.75, 3.05) is 11.9 Å². The number of aromatic carboxylic acids is 1. The third kappa shape index (κ3) is 5.53. The summed E-state index contributed by atoms with van der Waals surface area (Å²) in [6.07, 6.45) is 1.82. The van der Waals surface area contributed by atoms with Crippen molar-refractivity contribution in [3.8, 4) is 0 Å². The lowest BCUT2D eigenvalue weighted by Crippen LogP contribution is -2.31. The van der Waals surface area contributed by atoms with Gasteiger partial charge in [0, 0.05) is 23.1 Å². The lowest BCUT2D eigenvalue weighted by atomic mass is 10.2. The summed E-state index contributed by atoms with van der Waals surface area (Å²) < 4.78 is 1.31. The molecular weight excluding hydrogens is 476 g/mol. The molecule has 1 heterocycles. The lowest BCUT2D eigenvalue weighted by Gasteiger charge is -2.14. The quantitative estimate of drug-likeness (QED) is 0.495. The van der Waals surface area contributed by atoms with Crippen LogP contribution in [0.15, 0.2) is 57.9 Å². The summed E-state index contributed by atoms with van der Waals surface area (Å²) in [5.74, 6) is -1.82. The fourth-order valence-corrected chi connectivity index (χ4v) is 4.29. The minimum atomic E-state index is -1.28. The second kappa shape index (κ2) is 9.34. The van der Waals surface area contributed by atoms with Crippen LogP contribution in [0.2, 0.25) is 0 Å². The predicted octanol–water partition coefficient (Wildman–Crippen LogP) is 3.04. The van der Waals surface area contributed by atoms with Gasteiger partial charge in [0.15, 0.2) is 0 Å². The first-order valence-electron chi connectivity index (χ1n) is 8.45. The molecule has 0 aliphatic carbocycles. The maximum absolute atomic E-state index is 12.6. The monoisotopic (exact) mass is 489 g/mol. The van der Waals surface area contributed by atoms with E-state index in [9.17, 15) is 19.5 Å². The van der Waals surface area contributed by atoms with E-state index in [0.29, 0.717) is 14.9 Å². The summed E-state index contributed by atoms with van der Waals surface area (Å²) in [7, 11) is 0. The summed E-state index contributed by atoms with van der Waals surface area (Å²) in [5.41, 5.74) is 1.36. The molecule has 1 aliphatic heterocycles. The molecule has 2 amide bonds. The van der Waals surface area contributed by atoms with Crippen LogP contribution in [-0.2, 0) is 9.59 Å². The van der Waals surface area contributed by atoms with Gasteiger partial charge in [-0.05, 0) is 41.5 Å². The summed E-state index contributed by atoms with van der Waals surface area (Å²) in [5, 5.41) is 13.4. The van der Waals surface area contributed by atoms with Crippen LogP contribution in [0.4, 0.5) is 5.69 Å². The highest BCUT2D eigenvalue weighted by molar-refractivity contribution is 9.10. The van der Waals surface area contributed by atoms with Gasteiger partial charge in [-0.2, -0.15) is 0 Å². The molecule has 1 aliphatic rings. The zero-order chi connectivity index (χ0) is 21.0. The van der Waals surface area contributed by atoms with E-state index in [-0.39, 0.29) is 30.3 Å². The molecule has 0 saturated carbocycles. The van der Waals surface area contributed by atoms with E-state index < -0.39 is 5.97 Å². The van der Waals surface area contributed by atoms with Crippen molar-refractivity contribution < 1.29 is 19.5 Å². The van der Waals surface area contributed by atoms with Crippen molar-refractivity contribution in [3.63, 3.8) is 0 Å². The zero-order valence-corrected chi connectivity index (χ0v) is 18.1. The smallest absolute Gasteiger partial charge is 0.266 e. The largest absolute Gasteiger partial charge is 0.545 e. The van der Waals surface area contributed by atoms with Gasteiger partial charge >= 0.3 is 0 Å². The number of halogens is 1. The number of thioether (sulfide) groups is 1. The highest BCUT2D eigenvalue weighted by Crippen LogP contribution is 2.33. The summed E-state index contributed by atoms with van der Waals surface area (Å²) in [6, 6.07) is 13.2. The maximum Gasteiger partial charge on any atom is 0.266 e. The van der Waals surface area contributed by atoms with Gasteiger partial charge in [-0.25, -0.2) is 0 Å². The topological polar surface area (TPSA) is 89.5 Å². The molecule has 9 heteroatoms. The molecule has 3 rings (SSSR count). The second-order valence-electron chi connectivity index (χ2n) is 6.05. The third-order valence-corrected chi connectivity index (χ3v) is 5.86. The Labute approximate surface area is 185 Å². The number of hydrogen-bond acceptors (Lipinski definition) is 6. The van der Waals surface area contributed by atoms with Gasteiger partial charge in [-0.3, -0.25) is 14.5 Å². The average molecular weight is 490 g/mol. The fraction of sp³-hybridized carbons (Fsp3) is 0.100. The first kappa shape index (κ1) is 21.2. The Morgan fingerprint density at radius 1 is 1.21 bits per heavy atom. The zero-order valence-electron chi connectivity index (χ0n) is 14.9. The predicted molar refractivity (Wildman–Crippen MR) is 118 cm³/mol. The van der Waals surface area contributed by atoms with Gasteiger partial charge in [-0.15, -0.1) is 0 Å². The minimum absolute atomic E-state index is 0.0257. The lowest BCUT2D eigenvalue weighted by molar-refractivity contribution is -0.255. The molecule has 148 valence electrons. The van der Waals surface area contributed by atoms with Gasteiger partial charge in [0.05, 0.1) is 10.9 Å². The standard InChI is InChI=1S/C20H15BrN2O4S2/c21-14-3-1-2-12(10-14)11-16-18(25)23(20(28)29-16)9-8-17(24)22-15-6-4-13(5-7-15)19(26)27/h1-7,10-11H,8-9H2,(H,22,24)(H,26,27)/p-1/b16-11-. The number of carboxylic acids is 1. The number of carboxylic acid groups (broad SMARTS) is 1. The van der Waals surface area contributed by atoms with Gasteiger partial charge in [0.1, 0.15) is 4.32 Å². The number of amides is 2. The van der Waals surface area contributed by atoms with Gasteiger partial charge in [-0.1, -0.05) is 64.2 Å². The molecule has 29 heavy (non-hydrogen) atoms. The Kier molecular flexibility index (Phi) is 6.83. The van der Waals surface area contributed by atoms with E-state index in [1.807, 2.05) is 24.3 Å². The van der Waals surface area contributed by atoms with E-state index in [2.05, 4.69) is 21.2 Å². The molecule has 2 aromatic carbocycles. The van der Waals surface area contributed by atoms with Gasteiger partial charge in [0.25, 0.3) is 5.91 Å². The Hall–Kier alpha value is -2.49. The molecule has 0 radical (unpaired) electrons. The van der Waals surface area contributed by atoms with Crippen molar-refractivity contribution in [1.29, 1.82) is 0 Å². The summed E-state index contributed by atoms with van der Waals surface area (Å²) >= 11 is 9.88. The van der Waals surface area contributed by atoms with E-state index in [0.717, 1.165) is 10.0 Å². The third-order valence-electron chi connectivity index (χ3n) is 3.99. The minimum Gasteiger partial charge on any atom is -0.545 e. The number of nitrogens with one attached hydrogen (secondary N) is 1. The number of carbonyl (C=O) groups excluding carboxylic acids is 3. The van der Waals surface area contributed by atoms with Crippen molar-refractivity contribution in [2.45, 2.75) is 6.42 Å². The van der Waals surface area contributed by atoms with Crippen molar-refractivity contribution in [2.24, 2.45) is 0 Å². The van der Waals surface area contributed by atoms with E-state index >= 15 is 0 Å². The van der Waals surface area contributed by atoms with E-state index in [4.69, 9.17) is 12.2 Å². The number of hydrogen-bond donors (Lipinski definition) is 1. The van der Waals surface area contributed by atoms with Crippen LogP contribution in [0.3, 0.4) is 0 Å². The number of nitrogens with zero attached hydrogens (tertiary/aromatic N) is 1. The van der Waals surface area contributed by atoms with Crippen LogP contribution in [0.1, 0.15) is 22.3 Å². The molecule has 2 aromatic rings. The van der Waals surface area contributed by atoms with E-state index in [1.54, 1.807) is 6.08 Å². The Balaban J connectivity index is 1.58. The van der Waals surface area contributed by atoms with Crippen molar-refractivity contribution >= 4 is 73.8 Å². The molecule has 0 aromatic heterocycles. The van der Waals surface area contributed by atoms with Crippen LogP contribution in [0.25, 0.3) is 6.08 Å². The Morgan fingerprint density at radius 2 is 1.93 bits per heavy atom. The Morgan fingerprint density at radius 3 is 2.59 bits per heavy atom. The molecule has 1 N–H and O–H groups in total. The molecule has 1 saturated heterocycles. The molecule has 0 unspecified atom stereocenters. The highest BCUT2D eigenvalue weighted by atomic mass is 79.9. The fourth-order valence-electron chi connectivity index (χ4n) is 2.57. The number of carbonyl (C=O) groups is 3. The molecule has 1 fully saturated rings. The normalized spacial score (nSPS) is 15.1. The molecule has 0 spiro atoms. The van der Waals surface area contributed by atoms with Crippen LogP contribution < -0.4 is 10.4 Å². The van der Waals surface area contributed by atoms with Crippen molar-refractivity contribution in [1.82, 2.24) is 4.90 Å². The van der Waals surface area contributed by atoms with Gasteiger partial charge < -0.3 is 15.2 Å². The number of rotatable bonds is 6. The van der Waals surface area contributed by atoms with Crippen LogP contribution in [-0.4, -0.2) is 33.5 Å². The van der Waals surface area contributed by atoms with Crippen LogP contribution in [0, 0.1) is 0 Å². The van der Waals surface area contributed by atoms with Crippen molar-refractivity contribution in [3.05, 3.63) is 69.0 Å². The van der Waals surface area contributed by atoms with Gasteiger partial charge in [0.2, 0.25) is 5.91 Å². The number of thiocarbonyl (C=S) groups is 1. The maximum atomic E-state index is 12.6. The molecule has 0 bridgehead atoms. The molecule has 6 nitrogen and oxygen atoms in total. The number of benzene rings is 2. The molecular formula is C20H14BrN2O4S2-. The highest BCUT2D eigenvalue weighted by Gasteiger charge is 2.32. The summed E-state index contributed by atoms with van der Waals surface area (Å²) in [4.78, 5) is 37.4.